The van der Waals surface area contributed by atoms with Crippen molar-refractivity contribution >= 4 is 6.09 Å². The zero-order chi connectivity index (χ0) is 10.6. The molecule has 0 aliphatic heterocycles. The van der Waals surface area contributed by atoms with Crippen molar-refractivity contribution in [3.63, 3.8) is 0 Å². The van der Waals surface area contributed by atoms with E-state index in [1.807, 2.05) is 19.1 Å². The second-order valence-corrected chi connectivity index (χ2v) is 2.50. The zero-order valence-corrected chi connectivity index (χ0v) is 8.69. The van der Waals surface area contributed by atoms with Crippen LogP contribution in [-0.4, -0.2) is 19.7 Å². The average molecular weight is 195 g/mol. The maximum Gasteiger partial charge on any atom is 0.406 e. The standard InChI is InChI=1S/C7H8.C4H9NO2/c1-2-4-6-7-5-3-1;1-3-5-4(6)7-2/h1-6H,7H2;3H2,1-2H3,(H,5,6). The molecule has 0 aromatic rings. The van der Waals surface area contributed by atoms with Crippen LogP contribution in [0.5, 0.6) is 0 Å². The second-order valence-electron chi connectivity index (χ2n) is 2.50. The Bertz CT molecular complexity index is 215. The first-order chi connectivity index (χ1) is 6.81. The predicted octanol–water partition coefficient (Wildman–Crippen LogP) is 2.42. The third-order valence-electron chi connectivity index (χ3n) is 1.38. The molecule has 0 bridgehead atoms. The fourth-order valence-electron chi connectivity index (χ4n) is 0.738. The Morgan fingerprint density at radius 2 is 1.86 bits per heavy atom. The lowest BCUT2D eigenvalue weighted by Crippen LogP contribution is -2.21. The van der Waals surface area contributed by atoms with Gasteiger partial charge >= 0.3 is 6.09 Å². The van der Waals surface area contributed by atoms with Crippen LogP contribution in [0.25, 0.3) is 0 Å². The normalized spacial score (nSPS) is 12.4. The van der Waals surface area contributed by atoms with Crippen molar-refractivity contribution in [2.24, 2.45) is 0 Å². The summed E-state index contributed by atoms with van der Waals surface area (Å²) in [4.78, 5) is 10.1. The summed E-state index contributed by atoms with van der Waals surface area (Å²) in [6.07, 6.45) is 13.1. The minimum atomic E-state index is -0.373. The van der Waals surface area contributed by atoms with Crippen molar-refractivity contribution in [1.82, 2.24) is 5.32 Å². The summed E-state index contributed by atoms with van der Waals surface area (Å²) < 4.78 is 4.24. The zero-order valence-electron chi connectivity index (χ0n) is 8.69. The Hall–Kier alpha value is -1.51. The SMILES string of the molecule is C1=CC=CCC=C1.CCNC(=O)OC. The third-order valence-corrected chi connectivity index (χ3v) is 1.38. The number of nitrogens with one attached hydrogen (secondary N) is 1. The van der Waals surface area contributed by atoms with E-state index >= 15 is 0 Å². The van der Waals surface area contributed by atoms with Crippen molar-refractivity contribution in [2.45, 2.75) is 13.3 Å². The number of hydrogen-bond donors (Lipinski definition) is 1. The molecule has 0 unspecified atom stereocenters. The summed E-state index contributed by atoms with van der Waals surface area (Å²) in [7, 11) is 1.34. The molecule has 3 heteroatoms. The van der Waals surface area contributed by atoms with Gasteiger partial charge in [-0.25, -0.2) is 4.79 Å². The van der Waals surface area contributed by atoms with Gasteiger partial charge in [-0.15, -0.1) is 0 Å². The van der Waals surface area contributed by atoms with Crippen LogP contribution in [0.15, 0.2) is 36.5 Å². The number of allylic oxidation sites excluding steroid dienone is 6. The maximum atomic E-state index is 10.1. The van der Waals surface area contributed by atoms with Gasteiger partial charge in [0.1, 0.15) is 0 Å². The van der Waals surface area contributed by atoms with Crippen molar-refractivity contribution in [3.8, 4) is 0 Å². The van der Waals surface area contributed by atoms with Crippen molar-refractivity contribution in [1.29, 1.82) is 0 Å². The topological polar surface area (TPSA) is 38.3 Å². The van der Waals surface area contributed by atoms with E-state index in [2.05, 4.69) is 34.4 Å². The Morgan fingerprint density at radius 1 is 1.29 bits per heavy atom. The van der Waals surface area contributed by atoms with Gasteiger partial charge in [-0.1, -0.05) is 36.5 Å². The first kappa shape index (κ1) is 12.5. The lowest BCUT2D eigenvalue weighted by atomic mass is 10.4. The summed E-state index contributed by atoms with van der Waals surface area (Å²) in [5.74, 6) is 0. The van der Waals surface area contributed by atoms with Gasteiger partial charge in [0.15, 0.2) is 0 Å². The average Bonchev–Trinajstić information content (AvgIpc) is 2.50. The van der Waals surface area contributed by atoms with E-state index in [-0.39, 0.29) is 6.09 Å². The van der Waals surface area contributed by atoms with Crippen LogP contribution in [-0.2, 0) is 4.74 Å². The van der Waals surface area contributed by atoms with Crippen LogP contribution in [0.1, 0.15) is 13.3 Å². The Balaban J connectivity index is 0.000000241. The highest BCUT2D eigenvalue weighted by atomic mass is 16.5. The molecular weight excluding hydrogens is 178 g/mol. The van der Waals surface area contributed by atoms with Gasteiger partial charge < -0.3 is 10.1 Å². The molecule has 0 aromatic heterocycles. The molecule has 0 aromatic carbocycles. The smallest absolute Gasteiger partial charge is 0.406 e. The van der Waals surface area contributed by atoms with Gasteiger partial charge in [0.25, 0.3) is 0 Å². The fraction of sp³-hybridized carbons (Fsp3) is 0.364. The van der Waals surface area contributed by atoms with E-state index in [0.717, 1.165) is 6.42 Å². The molecule has 1 rings (SSSR count). The number of alkyl carbamates (subject to hydrolysis) is 1. The number of carbonyl (C=O) groups excluding carboxylic acids is 1. The van der Waals surface area contributed by atoms with Crippen LogP contribution < -0.4 is 5.32 Å². The van der Waals surface area contributed by atoms with Crippen LogP contribution in [0.2, 0.25) is 0 Å². The molecule has 1 aliphatic rings. The molecule has 14 heavy (non-hydrogen) atoms. The molecule has 0 radical (unpaired) electrons. The van der Waals surface area contributed by atoms with Gasteiger partial charge in [0, 0.05) is 6.54 Å². The summed E-state index contributed by atoms with van der Waals surface area (Å²) in [5, 5.41) is 2.43. The number of carbonyl (C=O) groups is 1. The van der Waals surface area contributed by atoms with E-state index in [1.54, 1.807) is 0 Å². The lowest BCUT2D eigenvalue weighted by molar-refractivity contribution is 0.171. The van der Waals surface area contributed by atoms with Crippen LogP contribution in [0, 0.1) is 0 Å². The first-order valence-electron chi connectivity index (χ1n) is 4.61. The van der Waals surface area contributed by atoms with Crippen molar-refractivity contribution in [2.75, 3.05) is 13.7 Å². The number of amides is 1. The fourth-order valence-corrected chi connectivity index (χ4v) is 0.738. The number of methoxy groups -OCH3 is 1. The molecule has 0 spiro atoms. The number of rotatable bonds is 1. The van der Waals surface area contributed by atoms with Gasteiger partial charge in [0.2, 0.25) is 0 Å². The Labute approximate surface area is 85.1 Å². The van der Waals surface area contributed by atoms with Gasteiger partial charge in [-0.3, -0.25) is 0 Å². The molecule has 0 heterocycles. The molecule has 0 saturated carbocycles. The Morgan fingerprint density at radius 3 is 2.21 bits per heavy atom. The number of hydrogen-bond acceptors (Lipinski definition) is 2. The number of ether oxygens (including phenoxy) is 1. The van der Waals surface area contributed by atoms with Gasteiger partial charge in [-0.05, 0) is 13.3 Å². The maximum absolute atomic E-state index is 10.1. The van der Waals surface area contributed by atoms with Crippen molar-refractivity contribution in [3.05, 3.63) is 36.5 Å². The van der Waals surface area contributed by atoms with E-state index in [9.17, 15) is 4.79 Å². The second kappa shape index (κ2) is 9.58. The van der Waals surface area contributed by atoms with Gasteiger partial charge in [-0.2, -0.15) is 0 Å². The molecule has 3 nitrogen and oxygen atoms in total. The van der Waals surface area contributed by atoms with Crippen molar-refractivity contribution < 1.29 is 9.53 Å². The van der Waals surface area contributed by atoms with E-state index < -0.39 is 0 Å². The minimum absolute atomic E-state index is 0.373. The lowest BCUT2D eigenvalue weighted by Gasteiger charge is -1.95. The summed E-state index contributed by atoms with van der Waals surface area (Å²) in [6.45, 7) is 2.45. The van der Waals surface area contributed by atoms with E-state index in [0.29, 0.717) is 6.54 Å². The summed E-state index contributed by atoms with van der Waals surface area (Å²) in [6, 6.07) is 0. The third kappa shape index (κ3) is 8.59. The molecule has 0 saturated heterocycles. The molecule has 1 aliphatic carbocycles. The molecule has 78 valence electrons. The van der Waals surface area contributed by atoms with Crippen LogP contribution in [0.3, 0.4) is 0 Å². The Kier molecular flexibility index (Phi) is 8.54. The molecule has 1 amide bonds. The minimum Gasteiger partial charge on any atom is -0.453 e. The largest absolute Gasteiger partial charge is 0.453 e. The highest BCUT2D eigenvalue weighted by molar-refractivity contribution is 5.66. The highest BCUT2D eigenvalue weighted by Crippen LogP contribution is 1.91. The first-order valence-corrected chi connectivity index (χ1v) is 4.61. The molecule has 0 atom stereocenters. The van der Waals surface area contributed by atoms with Crippen LogP contribution >= 0.6 is 0 Å². The summed E-state index contributed by atoms with van der Waals surface area (Å²) >= 11 is 0. The predicted molar refractivity (Wildman–Crippen MR) is 58.1 cm³/mol. The quantitative estimate of drug-likeness (QED) is 0.697. The van der Waals surface area contributed by atoms with E-state index in [1.165, 1.54) is 7.11 Å². The monoisotopic (exact) mass is 195 g/mol. The molecule has 0 fully saturated rings. The van der Waals surface area contributed by atoms with Gasteiger partial charge in [0.05, 0.1) is 7.11 Å². The molecule has 1 N–H and O–H groups in total. The highest BCUT2D eigenvalue weighted by Gasteiger charge is 1.89. The summed E-state index contributed by atoms with van der Waals surface area (Å²) in [5.41, 5.74) is 0. The molecular formula is C11H17NO2. The van der Waals surface area contributed by atoms with E-state index in [4.69, 9.17) is 0 Å². The van der Waals surface area contributed by atoms with Crippen LogP contribution in [0.4, 0.5) is 4.79 Å².